The molecule has 1 aromatic carbocycles. The van der Waals surface area contributed by atoms with Gasteiger partial charge in [-0.3, -0.25) is 14.8 Å². The molecule has 0 bridgehead atoms. The zero-order valence-electron chi connectivity index (χ0n) is 16.8. The molecule has 1 N–H and O–H groups in total. The number of pyridine rings is 2. The molecule has 6 nitrogen and oxygen atoms in total. The number of halogens is 1. The van der Waals surface area contributed by atoms with E-state index in [9.17, 15) is 9.18 Å². The summed E-state index contributed by atoms with van der Waals surface area (Å²) in [6.07, 6.45) is 3.22. The second-order valence-corrected chi connectivity index (χ2v) is 8.65. The van der Waals surface area contributed by atoms with Crippen molar-refractivity contribution in [2.45, 2.75) is 25.7 Å². The van der Waals surface area contributed by atoms with Crippen LogP contribution in [-0.4, -0.2) is 27.5 Å². The number of aromatic nitrogens is 3. The summed E-state index contributed by atoms with van der Waals surface area (Å²) < 4.78 is 20.9. The molecule has 156 valence electrons. The fraction of sp³-hybridized carbons (Fsp3) is 0.217. The predicted octanol–water partition coefficient (Wildman–Crippen LogP) is 4.40. The van der Waals surface area contributed by atoms with Crippen molar-refractivity contribution in [3.05, 3.63) is 77.4 Å². The van der Waals surface area contributed by atoms with Gasteiger partial charge in [-0.25, -0.2) is 9.37 Å². The summed E-state index contributed by atoms with van der Waals surface area (Å²) in [5.41, 5.74) is 2.17. The number of carbonyl (C=O) groups is 1. The van der Waals surface area contributed by atoms with Gasteiger partial charge in [0.2, 0.25) is 0 Å². The molecular weight excluding hydrogens is 415 g/mol. The van der Waals surface area contributed by atoms with E-state index in [0.717, 1.165) is 20.8 Å². The second kappa shape index (κ2) is 7.79. The Hall–Kier alpha value is -3.23. The molecule has 31 heavy (non-hydrogen) atoms. The zero-order valence-corrected chi connectivity index (χ0v) is 17.6. The molecule has 1 amide bonds. The van der Waals surface area contributed by atoms with Crippen LogP contribution >= 0.6 is 11.3 Å². The Balaban J connectivity index is 1.32. The number of ether oxygens (including phenoxy) is 1. The van der Waals surface area contributed by atoms with Crippen molar-refractivity contribution >= 4 is 27.5 Å². The summed E-state index contributed by atoms with van der Waals surface area (Å²) in [5, 5.41) is 3.76. The maximum absolute atomic E-state index is 14.7. The third-order valence-corrected chi connectivity index (χ3v) is 6.24. The Labute approximate surface area is 182 Å². The molecule has 4 heterocycles. The van der Waals surface area contributed by atoms with Crippen molar-refractivity contribution in [2.24, 2.45) is 0 Å². The second-order valence-electron chi connectivity index (χ2n) is 7.62. The first-order valence-corrected chi connectivity index (χ1v) is 10.7. The first-order chi connectivity index (χ1) is 15.0. The van der Waals surface area contributed by atoms with Crippen molar-refractivity contribution in [3.8, 4) is 10.6 Å². The average molecular weight is 434 g/mol. The van der Waals surface area contributed by atoms with Crippen LogP contribution in [0.15, 0.2) is 54.9 Å². The average Bonchev–Trinajstić information content (AvgIpc) is 3.21. The normalized spacial score (nSPS) is 18.0. The van der Waals surface area contributed by atoms with Gasteiger partial charge in [0.25, 0.3) is 5.91 Å². The van der Waals surface area contributed by atoms with Gasteiger partial charge < -0.3 is 10.1 Å². The summed E-state index contributed by atoms with van der Waals surface area (Å²) in [4.78, 5) is 26.0. The van der Waals surface area contributed by atoms with Crippen molar-refractivity contribution in [1.82, 2.24) is 20.3 Å². The summed E-state index contributed by atoms with van der Waals surface area (Å²) in [6.45, 7) is 1.87. The minimum atomic E-state index is -1.66. The van der Waals surface area contributed by atoms with Gasteiger partial charge in [0.1, 0.15) is 5.01 Å². The lowest BCUT2D eigenvalue weighted by molar-refractivity contribution is -0.00692. The number of nitrogens with one attached hydrogen (secondary N) is 1. The molecule has 0 saturated carbocycles. The SMILES string of the molecule is C[C@@]1(F)COCc2ncc(C(=O)NCc3cc4nc(-c5ccccc5)sc4cn3)cc21. The predicted molar refractivity (Wildman–Crippen MR) is 116 cm³/mol. The van der Waals surface area contributed by atoms with E-state index in [-0.39, 0.29) is 25.7 Å². The molecule has 1 aliphatic rings. The Bertz CT molecular complexity index is 1270. The third kappa shape index (κ3) is 3.92. The summed E-state index contributed by atoms with van der Waals surface area (Å²) in [7, 11) is 0. The van der Waals surface area contributed by atoms with E-state index in [2.05, 4.69) is 15.3 Å². The molecule has 1 atom stereocenters. The van der Waals surface area contributed by atoms with Crippen LogP contribution in [0.1, 0.15) is 34.2 Å². The van der Waals surface area contributed by atoms with Crippen LogP contribution in [0.2, 0.25) is 0 Å². The number of benzene rings is 1. The van der Waals surface area contributed by atoms with Crippen LogP contribution in [0.4, 0.5) is 4.39 Å². The van der Waals surface area contributed by atoms with E-state index in [4.69, 9.17) is 9.72 Å². The molecule has 5 rings (SSSR count). The van der Waals surface area contributed by atoms with E-state index in [1.165, 1.54) is 13.1 Å². The molecule has 4 aromatic rings. The molecule has 0 fully saturated rings. The van der Waals surface area contributed by atoms with Crippen LogP contribution in [-0.2, 0) is 23.6 Å². The number of fused-ring (bicyclic) bond motifs is 2. The van der Waals surface area contributed by atoms with E-state index < -0.39 is 5.67 Å². The smallest absolute Gasteiger partial charge is 0.253 e. The zero-order chi connectivity index (χ0) is 21.4. The Kier molecular flexibility index (Phi) is 4.95. The van der Waals surface area contributed by atoms with Crippen molar-refractivity contribution in [1.29, 1.82) is 0 Å². The van der Waals surface area contributed by atoms with E-state index in [1.807, 2.05) is 36.4 Å². The Morgan fingerprint density at radius 1 is 1.23 bits per heavy atom. The van der Waals surface area contributed by atoms with E-state index in [1.54, 1.807) is 23.6 Å². The summed E-state index contributed by atoms with van der Waals surface area (Å²) in [6, 6.07) is 13.4. The molecule has 1 aliphatic heterocycles. The van der Waals surface area contributed by atoms with Crippen LogP contribution in [0.3, 0.4) is 0 Å². The molecule has 0 unspecified atom stereocenters. The first-order valence-electron chi connectivity index (χ1n) is 9.85. The lowest BCUT2D eigenvalue weighted by Crippen LogP contribution is -2.31. The number of amides is 1. The number of alkyl halides is 1. The van der Waals surface area contributed by atoms with Gasteiger partial charge >= 0.3 is 0 Å². The van der Waals surface area contributed by atoms with Gasteiger partial charge in [0.15, 0.2) is 5.67 Å². The monoisotopic (exact) mass is 434 g/mol. The fourth-order valence-electron chi connectivity index (χ4n) is 3.55. The maximum Gasteiger partial charge on any atom is 0.253 e. The largest absolute Gasteiger partial charge is 0.371 e. The van der Waals surface area contributed by atoms with Crippen molar-refractivity contribution < 1.29 is 13.9 Å². The molecule has 0 aliphatic carbocycles. The molecule has 0 radical (unpaired) electrons. The number of nitrogens with zero attached hydrogens (tertiary/aromatic N) is 3. The number of rotatable bonds is 4. The van der Waals surface area contributed by atoms with Gasteiger partial charge in [-0.05, 0) is 19.1 Å². The minimum Gasteiger partial charge on any atom is -0.371 e. The molecule has 0 spiro atoms. The minimum absolute atomic E-state index is 0.0463. The Morgan fingerprint density at radius 3 is 2.90 bits per heavy atom. The lowest BCUT2D eigenvalue weighted by atomic mass is 9.94. The van der Waals surface area contributed by atoms with Crippen molar-refractivity contribution in [3.63, 3.8) is 0 Å². The molecule has 8 heteroatoms. The Morgan fingerprint density at radius 2 is 2.06 bits per heavy atom. The summed E-state index contributed by atoms with van der Waals surface area (Å²) >= 11 is 1.58. The highest BCUT2D eigenvalue weighted by Crippen LogP contribution is 2.33. The first kappa shape index (κ1) is 19.7. The number of carbonyl (C=O) groups excluding carboxylic acids is 1. The fourth-order valence-corrected chi connectivity index (χ4v) is 4.47. The van der Waals surface area contributed by atoms with Gasteiger partial charge in [-0.1, -0.05) is 30.3 Å². The van der Waals surface area contributed by atoms with E-state index in [0.29, 0.717) is 22.5 Å². The highest BCUT2D eigenvalue weighted by atomic mass is 32.1. The standard InChI is InChI=1S/C23H19FN4O2S/c1-23(24)13-30-12-19-17(23)7-15(9-26-19)21(29)27-10-16-8-18-20(11-25-16)31-22(28-18)14-5-3-2-4-6-14/h2-9,11H,10,12-13H2,1H3,(H,27,29)/t23-/m1/s1. The van der Waals surface area contributed by atoms with E-state index >= 15 is 0 Å². The van der Waals surface area contributed by atoms with Gasteiger partial charge in [0, 0.05) is 23.5 Å². The molecule has 0 saturated heterocycles. The van der Waals surface area contributed by atoms with Crippen LogP contribution < -0.4 is 5.32 Å². The summed E-state index contributed by atoms with van der Waals surface area (Å²) in [5.74, 6) is -0.331. The van der Waals surface area contributed by atoms with Gasteiger partial charge in [-0.15, -0.1) is 11.3 Å². The van der Waals surface area contributed by atoms with Gasteiger partial charge in [-0.2, -0.15) is 0 Å². The topological polar surface area (TPSA) is 77.0 Å². The maximum atomic E-state index is 14.7. The molecule has 3 aromatic heterocycles. The third-order valence-electron chi connectivity index (χ3n) is 5.19. The van der Waals surface area contributed by atoms with Crippen LogP contribution in [0.5, 0.6) is 0 Å². The highest BCUT2D eigenvalue weighted by molar-refractivity contribution is 7.21. The lowest BCUT2D eigenvalue weighted by Gasteiger charge is -2.28. The number of hydrogen-bond acceptors (Lipinski definition) is 6. The van der Waals surface area contributed by atoms with Crippen LogP contribution in [0, 0.1) is 0 Å². The number of thiazole rings is 1. The van der Waals surface area contributed by atoms with Crippen molar-refractivity contribution in [2.75, 3.05) is 6.61 Å². The highest BCUT2D eigenvalue weighted by Gasteiger charge is 2.34. The van der Waals surface area contributed by atoms with Crippen LogP contribution in [0.25, 0.3) is 20.8 Å². The number of hydrogen-bond donors (Lipinski definition) is 1. The molecular formula is C23H19FN4O2S. The quantitative estimate of drug-likeness (QED) is 0.515. The van der Waals surface area contributed by atoms with Gasteiger partial charge in [0.05, 0.1) is 46.9 Å².